The van der Waals surface area contributed by atoms with Gasteiger partial charge in [0.05, 0.1) is 0 Å². The van der Waals surface area contributed by atoms with Crippen LogP contribution in [0.1, 0.15) is 5.56 Å². The lowest BCUT2D eigenvalue weighted by atomic mass is 10.2. The number of rotatable bonds is 1. The van der Waals surface area contributed by atoms with Crippen LogP contribution < -0.4 is 5.32 Å². The summed E-state index contributed by atoms with van der Waals surface area (Å²) < 4.78 is 25.2. The van der Waals surface area contributed by atoms with Crippen molar-refractivity contribution in [2.45, 2.75) is 0 Å². The number of halogens is 1. The minimum Gasteiger partial charge on any atom is -0.314 e. The van der Waals surface area contributed by atoms with Gasteiger partial charge in [-0.05, 0) is 30.2 Å². The molecular weight excluding hydrogens is 272 g/mol. The highest BCUT2D eigenvalue weighted by Gasteiger charge is 2.21. The lowest BCUT2D eigenvalue weighted by molar-refractivity contribution is 0.365. The molecule has 1 fully saturated rings. The number of benzene rings is 1. The molecule has 0 aromatic heterocycles. The van der Waals surface area contributed by atoms with E-state index in [2.05, 4.69) is 16.5 Å². The third-order valence-corrected chi connectivity index (χ3v) is 4.24. The van der Waals surface area contributed by atoms with E-state index < -0.39 is 10.0 Å². The maximum absolute atomic E-state index is 11.9. The molecule has 1 saturated heterocycles. The fraction of sp³-hybridized carbons (Fsp3) is 0.333. The highest BCUT2D eigenvalue weighted by Crippen LogP contribution is 2.09. The topological polar surface area (TPSA) is 49.4 Å². The van der Waals surface area contributed by atoms with Crippen LogP contribution in [-0.2, 0) is 10.0 Å². The zero-order valence-electron chi connectivity index (χ0n) is 9.69. The first-order chi connectivity index (χ1) is 8.58. The molecule has 1 aromatic carbocycles. The number of nitrogens with one attached hydrogen (secondary N) is 1. The van der Waals surface area contributed by atoms with Gasteiger partial charge in [0, 0.05) is 42.0 Å². The maximum atomic E-state index is 11.9. The third-order valence-electron chi connectivity index (χ3n) is 2.58. The van der Waals surface area contributed by atoms with Gasteiger partial charge in [0.1, 0.15) is 0 Å². The molecule has 18 heavy (non-hydrogen) atoms. The van der Waals surface area contributed by atoms with Crippen molar-refractivity contribution in [1.82, 2.24) is 9.62 Å². The Hall–Kier alpha value is -1.06. The van der Waals surface area contributed by atoms with Gasteiger partial charge < -0.3 is 5.32 Å². The normalized spacial score (nSPS) is 16.9. The van der Waals surface area contributed by atoms with E-state index in [-0.39, 0.29) is 0 Å². The van der Waals surface area contributed by atoms with Crippen LogP contribution in [0.3, 0.4) is 0 Å². The Labute approximate surface area is 112 Å². The Morgan fingerprint density at radius 2 is 1.78 bits per heavy atom. The van der Waals surface area contributed by atoms with E-state index in [4.69, 9.17) is 11.6 Å². The molecule has 6 heteroatoms. The minimum atomic E-state index is -3.49. The average molecular weight is 285 g/mol. The number of nitrogens with zero attached hydrogens (tertiary/aromatic N) is 1. The van der Waals surface area contributed by atoms with E-state index >= 15 is 0 Å². The van der Waals surface area contributed by atoms with Crippen molar-refractivity contribution in [3.8, 4) is 11.2 Å². The van der Waals surface area contributed by atoms with Crippen molar-refractivity contribution < 1.29 is 8.42 Å². The second kappa shape index (κ2) is 5.72. The van der Waals surface area contributed by atoms with Crippen molar-refractivity contribution in [2.24, 2.45) is 0 Å². The number of piperazine rings is 1. The van der Waals surface area contributed by atoms with Crippen molar-refractivity contribution in [1.29, 1.82) is 0 Å². The van der Waals surface area contributed by atoms with Crippen molar-refractivity contribution in [3.63, 3.8) is 0 Å². The minimum absolute atomic E-state index is 0.470. The van der Waals surface area contributed by atoms with E-state index in [1.165, 1.54) is 4.31 Å². The van der Waals surface area contributed by atoms with Crippen molar-refractivity contribution in [2.75, 3.05) is 26.2 Å². The lowest BCUT2D eigenvalue weighted by Gasteiger charge is -2.23. The summed E-state index contributed by atoms with van der Waals surface area (Å²) >= 11 is 5.74. The molecule has 1 aliphatic rings. The fourth-order valence-corrected chi connectivity index (χ4v) is 2.77. The second-order valence-electron chi connectivity index (χ2n) is 3.89. The lowest BCUT2D eigenvalue weighted by Crippen LogP contribution is -2.45. The quantitative estimate of drug-likeness (QED) is 0.779. The van der Waals surface area contributed by atoms with Gasteiger partial charge in [-0.1, -0.05) is 11.6 Å². The smallest absolute Gasteiger partial charge is 0.283 e. The van der Waals surface area contributed by atoms with E-state index in [0.29, 0.717) is 36.8 Å². The number of sulfonamides is 1. The first-order valence-corrected chi connectivity index (χ1v) is 7.39. The highest BCUT2D eigenvalue weighted by molar-refractivity contribution is 7.93. The second-order valence-corrected chi connectivity index (χ2v) is 6.00. The Bertz CT molecular complexity index is 566. The molecule has 2 rings (SSSR count). The van der Waals surface area contributed by atoms with Crippen LogP contribution in [0.25, 0.3) is 0 Å². The summed E-state index contributed by atoms with van der Waals surface area (Å²) in [5.74, 6) is 2.65. The molecule has 0 spiro atoms. The predicted octanol–water partition coefficient (Wildman–Crippen LogP) is 0.884. The standard InChI is InChI=1S/C12H13ClN2O2S/c13-12-3-1-11(2-4-12)5-10-18(16,17)15-8-6-14-7-9-15/h1-4,14H,6-9H2. The van der Waals surface area contributed by atoms with Gasteiger partial charge in [-0.2, -0.15) is 12.7 Å². The molecule has 1 aliphatic heterocycles. The van der Waals surface area contributed by atoms with Crippen LogP contribution in [0.2, 0.25) is 5.02 Å². The molecule has 0 unspecified atom stereocenters. The molecule has 0 bridgehead atoms. The Morgan fingerprint density at radius 1 is 1.17 bits per heavy atom. The number of hydrogen-bond acceptors (Lipinski definition) is 3. The summed E-state index contributed by atoms with van der Waals surface area (Å²) in [6, 6.07) is 6.76. The summed E-state index contributed by atoms with van der Waals surface area (Å²) in [6.07, 6.45) is 0. The summed E-state index contributed by atoms with van der Waals surface area (Å²) in [5.41, 5.74) is 0.637. The summed E-state index contributed by atoms with van der Waals surface area (Å²) in [7, 11) is -3.49. The van der Waals surface area contributed by atoms with Crippen LogP contribution in [0, 0.1) is 11.2 Å². The Kier molecular flexibility index (Phi) is 4.25. The molecular formula is C12H13ClN2O2S. The molecule has 96 valence electrons. The van der Waals surface area contributed by atoms with E-state index in [1.54, 1.807) is 24.3 Å². The van der Waals surface area contributed by atoms with Crippen LogP contribution in [0.5, 0.6) is 0 Å². The van der Waals surface area contributed by atoms with Crippen LogP contribution >= 0.6 is 11.6 Å². The molecule has 1 heterocycles. The van der Waals surface area contributed by atoms with Crippen molar-refractivity contribution in [3.05, 3.63) is 34.9 Å². The van der Waals surface area contributed by atoms with Gasteiger partial charge >= 0.3 is 0 Å². The first kappa shape index (κ1) is 13.4. The van der Waals surface area contributed by atoms with Crippen LogP contribution in [-0.4, -0.2) is 38.9 Å². The maximum Gasteiger partial charge on any atom is 0.283 e. The van der Waals surface area contributed by atoms with Gasteiger partial charge in [0.25, 0.3) is 10.0 Å². The highest BCUT2D eigenvalue weighted by atomic mass is 35.5. The SMILES string of the molecule is O=S(=O)(C#Cc1ccc(Cl)cc1)N1CCNCC1. The predicted molar refractivity (Wildman–Crippen MR) is 71.7 cm³/mol. The molecule has 0 saturated carbocycles. The molecule has 0 aliphatic carbocycles. The molecule has 0 amide bonds. The van der Waals surface area contributed by atoms with Gasteiger partial charge in [0.2, 0.25) is 0 Å². The molecule has 4 nitrogen and oxygen atoms in total. The molecule has 0 radical (unpaired) electrons. The third kappa shape index (κ3) is 3.47. The average Bonchev–Trinajstić information content (AvgIpc) is 2.39. The number of hydrogen-bond donors (Lipinski definition) is 1. The first-order valence-electron chi connectivity index (χ1n) is 5.57. The molecule has 1 N–H and O–H groups in total. The van der Waals surface area contributed by atoms with Gasteiger partial charge in [0.15, 0.2) is 0 Å². The molecule has 1 aromatic rings. The van der Waals surface area contributed by atoms with Gasteiger partial charge in [-0.3, -0.25) is 0 Å². The van der Waals surface area contributed by atoms with Gasteiger partial charge in [-0.25, -0.2) is 0 Å². The van der Waals surface area contributed by atoms with Gasteiger partial charge in [-0.15, -0.1) is 0 Å². The van der Waals surface area contributed by atoms with Crippen molar-refractivity contribution >= 4 is 21.6 Å². The van der Waals surface area contributed by atoms with E-state index in [0.717, 1.165) is 0 Å². The summed E-state index contributed by atoms with van der Waals surface area (Å²) in [6.45, 7) is 2.28. The monoisotopic (exact) mass is 284 g/mol. The summed E-state index contributed by atoms with van der Waals surface area (Å²) in [4.78, 5) is 0. The Balaban J connectivity index is 2.15. The fourth-order valence-electron chi connectivity index (χ4n) is 1.61. The van der Waals surface area contributed by atoms with E-state index in [9.17, 15) is 8.42 Å². The largest absolute Gasteiger partial charge is 0.314 e. The Morgan fingerprint density at radius 3 is 2.39 bits per heavy atom. The summed E-state index contributed by atoms with van der Waals surface area (Å²) in [5, 5.41) is 6.04. The van der Waals surface area contributed by atoms with Crippen LogP contribution in [0.15, 0.2) is 24.3 Å². The molecule has 0 atom stereocenters. The zero-order chi connectivity index (χ0) is 13.0. The van der Waals surface area contributed by atoms with E-state index in [1.807, 2.05) is 0 Å². The zero-order valence-corrected chi connectivity index (χ0v) is 11.3. The van der Waals surface area contributed by atoms with Crippen LogP contribution in [0.4, 0.5) is 0 Å².